The summed E-state index contributed by atoms with van der Waals surface area (Å²) in [7, 11) is 0. The molecule has 1 aliphatic heterocycles. The van der Waals surface area contributed by atoms with Gasteiger partial charge in [-0.05, 0) is 12.5 Å². The molecule has 0 spiro atoms. The molecule has 5 nitrogen and oxygen atoms in total. The third-order valence-corrected chi connectivity index (χ3v) is 2.55. The zero-order valence-corrected chi connectivity index (χ0v) is 7.72. The Balaban J connectivity index is 2.26. The summed E-state index contributed by atoms with van der Waals surface area (Å²) in [6.45, 7) is 1.04. The molecular formula is C9H12N2O3. The van der Waals surface area contributed by atoms with Crippen molar-refractivity contribution in [3.63, 3.8) is 0 Å². The second-order valence-corrected chi connectivity index (χ2v) is 3.55. The minimum atomic E-state index is -0.814. The van der Waals surface area contributed by atoms with Crippen molar-refractivity contribution in [2.75, 3.05) is 13.2 Å². The molecule has 0 aromatic carbocycles. The minimum Gasteiger partial charge on any atom is -0.481 e. The van der Waals surface area contributed by atoms with Gasteiger partial charge in [0.05, 0.1) is 18.6 Å². The Labute approximate surface area is 81.3 Å². The first-order chi connectivity index (χ1) is 6.73. The molecule has 1 aromatic heterocycles. The molecule has 14 heavy (non-hydrogen) atoms. The van der Waals surface area contributed by atoms with Crippen LogP contribution in [-0.2, 0) is 15.1 Å². The van der Waals surface area contributed by atoms with Gasteiger partial charge in [-0.15, -0.1) is 0 Å². The SMILES string of the molecule is O=C(O)CC1(n2cccn2)CCOC1. The van der Waals surface area contributed by atoms with E-state index in [1.807, 2.05) is 0 Å². The molecule has 1 N–H and O–H groups in total. The van der Waals surface area contributed by atoms with E-state index in [2.05, 4.69) is 5.10 Å². The molecule has 0 amide bonds. The molecule has 0 aliphatic carbocycles. The van der Waals surface area contributed by atoms with E-state index >= 15 is 0 Å². The number of carbonyl (C=O) groups is 1. The predicted octanol–water partition coefficient (Wildman–Crippen LogP) is 0.473. The van der Waals surface area contributed by atoms with Gasteiger partial charge in [-0.2, -0.15) is 5.10 Å². The van der Waals surface area contributed by atoms with Crippen LogP contribution in [0, 0.1) is 0 Å². The van der Waals surface area contributed by atoms with Crippen LogP contribution >= 0.6 is 0 Å². The van der Waals surface area contributed by atoms with Gasteiger partial charge in [0.1, 0.15) is 0 Å². The fraction of sp³-hybridized carbons (Fsp3) is 0.556. The molecule has 76 valence electrons. The monoisotopic (exact) mass is 196 g/mol. The fourth-order valence-corrected chi connectivity index (χ4v) is 1.83. The zero-order chi connectivity index (χ0) is 10.0. The van der Waals surface area contributed by atoms with Crippen LogP contribution in [0.5, 0.6) is 0 Å². The molecule has 1 saturated heterocycles. The Kier molecular flexibility index (Phi) is 2.25. The average molecular weight is 196 g/mol. The smallest absolute Gasteiger partial charge is 0.305 e. The number of carboxylic acids is 1. The van der Waals surface area contributed by atoms with Crippen LogP contribution in [0.2, 0.25) is 0 Å². The van der Waals surface area contributed by atoms with E-state index in [9.17, 15) is 4.79 Å². The molecule has 1 unspecified atom stereocenters. The summed E-state index contributed by atoms with van der Waals surface area (Å²) < 4.78 is 6.96. The summed E-state index contributed by atoms with van der Waals surface area (Å²) in [5, 5.41) is 12.9. The Hall–Kier alpha value is -1.36. The number of hydrogen-bond acceptors (Lipinski definition) is 3. The van der Waals surface area contributed by atoms with Crippen LogP contribution in [0.4, 0.5) is 0 Å². The predicted molar refractivity (Wildman–Crippen MR) is 47.9 cm³/mol. The summed E-state index contributed by atoms with van der Waals surface area (Å²) in [6.07, 6.45) is 4.22. The number of hydrogen-bond donors (Lipinski definition) is 1. The van der Waals surface area contributed by atoms with Gasteiger partial charge in [-0.1, -0.05) is 0 Å². The van der Waals surface area contributed by atoms with Gasteiger partial charge >= 0.3 is 5.97 Å². The van der Waals surface area contributed by atoms with Gasteiger partial charge in [0.2, 0.25) is 0 Å². The molecule has 1 aromatic rings. The van der Waals surface area contributed by atoms with Crippen molar-refractivity contribution in [3.8, 4) is 0 Å². The third-order valence-electron chi connectivity index (χ3n) is 2.55. The first-order valence-electron chi connectivity index (χ1n) is 4.53. The lowest BCUT2D eigenvalue weighted by Crippen LogP contribution is -2.37. The summed E-state index contributed by atoms with van der Waals surface area (Å²) >= 11 is 0. The molecule has 0 radical (unpaired) electrons. The van der Waals surface area contributed by atoms with Crippen molar-refractivity contribution in [2.24, 2.45) is 0 Å². The van der Waals surface area contributed by atoms with Gasteiger partial charge in [0.25, 0.3) is 0 Å². The van der Waals surface area contributed by atoms with Crippen LogP contribution < -0.4 is 0 Å². The van der Waals surface area contributed by atoms with E-state index < -0.39 is 11.5 Å². The van der Waals surface area contributed by atoms with Crippen molar-refractivity contribution in [2.45, 2.75) is 18.4 Å². The standard InChI is InChI=1S/C9H12N2O3/c12-8(13)6-9(2-5-14-7-9)11-4-1-3-10-11/h1,3-4H,2,5-7H2,(H,12,13). The summed E-state index contributed by atoms with van der Waals surface area (Å²) in [5.74, 6) is -0.814. The van der Waals surface area contributed by atoms with Crippen LogP contribution in [-0.4, -0.2) is 34.1 Å². The molecule has 2 heterocycles. The lowest BCUT2D eigenvalue weighted by atomic mass is 9.95. The van der Waals surface area contributed by atoms with E-state index in [0.717, 1.165) is 0 Å². The average Bonchev–Trinajstić information content (AvgIpc) is 2.69. The highest BCUT2D eigenvalue weighted by molar-refractivity contribution is 5.68. The number of nitrogens with zero attached hydrogens (tertiary/aromatic N) is 2. The highest BCUT2D eigenvalue weighted by Gasteiger charge is 2.39. The maximum Gasteiger partial charge on any atom is 0.305 e. The highest BCUT2D eigenvalue weighted by atomic mass is 16.5. The molecule has 0 saturated carbocycles. The van der Waals surface area contributed by atoms with Crippen molar-refractivity contribution < 1.29 is 14.6 Å². The van der Waals surface area contributed by atoms with Gasteiger partial charge in [0.15, 0.2) is 0 Å². The normalized spacial score (nSPS) is 26.6. The maximum absolute atomic E-state index is 10.8. The topological polar surface area (TPSA) is 64.3 Å². The largest absolute Gasteiger partial charge is 0.481 e. The Morgan fingerprint density at radius 1 is 1.71 bits per heavy atom. The lowest BCUT2D eigenvalue weighted by Gasteiger charge is -2.25. The van der Waals surface area contributed by atoms with Crippen molar-refractivity contribution in [3.05, 3.63) is 18.5 Å². The van der Waals surface area contributed by atoms with E-state index in [1.165, 1.54) is 0 Å². The van der Waals surface area contributed by atoms with E-state index in [1.54, 1.807) is 23.1 Å². The Morgan fingerprint density at radius 3 is 3.07 bits per heavy atom. The zero-order valence-electron chi connectivity index (χ0n) is 7.72. The first kappa shape index (κ1) is 9.21. The molecule has 1 atom stereocenters. The molecule has 1 fully saturated rings. The van der Waals surface area contributed by atoms with Crippen molar-refractivity contribution in [1.29, 1.82) is 0 Å². The van der Waals surface area contributed by atoms with Gasteiger partial charge in [-0.3, -0.25) is 9.48 Å². The van der Waals surface area contributed by atoms with Crippen LogP contribution in [0.25, 0.3) is 0 Å². The number of rotatable bonds is 3. The molecule has 1 aliphatic rings. The number of aromatic nitrogens is 2. The molecule has 5 heteroatoms. The third kappa shape index (κ3) is 1.50. The molecular weight excluding hydrogens is 184 g/mol. The summed E-state index contributed by atoms with van der Waals surface area (Å²) in [5.41, 5.74) is -0.477. The van der Waals surface area contributed by atoms with Crippen molar-refractivity contribution in [1.82, 2.24) is 9.78 Å². The maximum atomic E-state index is 10.8. The van der Waals surface area contributed by atoms with Crippen LogP contribution in [0.15, 0.2) is 18.5 Å². The van der Waals surface area contributed by atoms with Gasteiger partial charge in [-0.25, -0.2) is 0 Å². The number of carboxylic acid groups (broad SMARTS) is 1. The second kappa shape index (κ2) is 3.42. The van der Waals surface area contributed by atoms with E-state index in [0.29, 0.717) is 19.6 Å². The number of ether oxygens (including phenoxy) is 1. The van der Waals surface area contributed by atoms with E-state index in [-0.39, 0.29) is 6.42 Å². The number of aliphatic carboxylic acids is 1. The Bertz CT molecular complexity index is 315. The van der Waals surface area contributed by atoms with Crippen LogP contribution in [0.3, 0.4) is 0 Å². The minimum absolute atomic E-state index is 0.0642. The quantitative estimate of drug-likeness (QED) is 0.763. The fourth-order valence-electron chi connectivity index (χ4n) is 1.83. The first-order valence-corrected chi connectivity index (χ1v) is 4.53. The molecule has 2 rings (SSSR count). The lowest BCUT2D eigenvalue weighted by molar-refractivity contribution is -0.139. The van der Waals surface area contributed by atoms with E-state index in [4.69, 9.17) is 9.84 Å². The molecule has 0 bridgehead atoms. The van der Waals surface area contributed by atoms with Crippen LogP contribution in [0.1, 0.15) is 12.8 Å². The Morgan fingerprint density at radius 2 is 2.57 bits per heavy atom. The summed E-state index contributed by atoms with van der Waals surface area (Å²) in [4.78, 5) is 10.8. The van der Waals surface area contributed by atoms with Gasteiger partial charge < -0.3 is 9.84 Å². The second-order valence-electron chi connectivity index (χ2n) is 3.55. The summed E-state index contributed by atoms with van der Waals surface area (Å²) in [6, 6.07) is 1.79. The van der Waals surface area contributed by atoms with Crippen molar-refractivity contribution >= 4 is 5.97 Å². The van der Waals surface area contributed by atoms with Gasteiger partial charge in [0, 0.05) is 19.0 Å². The highest BCUT2D eigenvalue weighted by Crippen LogP contribution is 2.30.